The van der Waals surface area contributed by atoms with Crippen LogP contribution in [0, 0.1) is 5.92 Å². The molecule has 0 aromatic carbocycles. The van der Waals surface area contributed by atoms with Crippen molar-refractivity contribution in [2.45, 2.75) is 32.6 Å². The Balaban J connectivity index is 2.30. The van der Waals surface area contributed by atoms with Crippen molar-refractivity contribution < 1.29 is 4.79 Å². The van der Waals surface area contributed by atoms with Crippen LogP contribution in [0.3, 0.4) is 0 Å². The number of amides is 1. The Morgan fingerprint density at radius 3 is 2.94 bits per heavy atom. The zero-order valence-electron chi connectivity index (χ0n) is 10.4. The summed E-state index contributed by atoms with van der Waals surface area (Å²) in [5.74, 6) is 0.605. The molecule has 4 nitrogen and oxygen atoms in total. The highest BCUT2D eigenvalue weighted by Gasteiger charge is 2.09. The Hall–Kier alpha value is -1.42. The molecule has 1 heterocycles. The molecule has 0 radical (unpaired) electrons. The minimum atomic E-state index is 0.0495. The molecule has 4 heteroatoms. The minimum Gasteiger partial charge on any atom is -0.330 e. The maximum absolute atomic E-state index is 11.7. The highest BCUT2D eigenvalue weighted by Crippen LogP contribution is 2.15. The summed E-state index contributed by atoms with van der Waals surface area (Å²) in [6.07, 6.45) is 6.86. The lowest BCUT2D eigenvalue weighted by Crippen LogP contribution is -2.15. The first-order valence-corrected chi connectivity index (χ1v) is 6.16. The van der Waals surface area contributed by atoms with E-state index in [9.17, 15) is 4.79 Å². The average molecular weight is 235 g/mol. The van der Waals surface area contributed by atoms with Crippen LogP contribution >= 0.6 is 0 Å². The summed E-state index contributed by atoms with van der Waals surface area (Å²) in [5, 5.41) is 2.83. The van der Waals surface area contributed by atoms with Crippen LogP contribution in [0.4, 0.5) is 5.69 Å². The molecule has 0 aliphatic heterocycles. The molecule has 1 amide bonds. The Morgan fingerprint density at radius 1 is 1.53 bits per heavy atom. The molecule has 0 spiro atoms. The molecule has 1 aromatic rings. The van der Waals surface area contributed by atoms with Gasteiger partial charge in [-0.15, -0.1) is 0 Å². The van der Waals surface area contributed by atoms with E-state index in [0.717, 1.165) is 24.9 Å². The van der Waals surface area contributed by atoms with Crippen LogP contribution in [0.5, 0.6) is 0 Å². The van der Waals surface area contributed by atoms with Crippen molar-refractivity contribution in [1.29, 1.82) is 0 Å². The highest BCUT2D eigenvalue weighted by atomic mass is 16.1. The molecule has 0 saturated carbocycles. The Kier molecular flexibility index (Phi) is 6.25. The van der Waals surface area contributed by atoms with E-state index in [-0.39, 0.29) is 5.91 Å². The first-order valence-electron chi connectivity index (χ1n) is 6.16. The van der Waals surface area contributed by atoms with Gasteiger partial charge in [-0.3, -0.25) is 9.78 Å². The third-order valence-electron chi connectivity index (χ3n) is 2.88. The van der Waals surface area contributed by atoms with E-state index in [0.29, 0.717) is 18.9 Å². The van der Waals surface area contributed by atoms with Gasteiger partial charge in [-0.2, -0.15) is 0 Å². The van der Waals surface area contributed by atoms with Crippen LogP contribution in [-0.2, 0) is 4.79 Å². The molecule has 3 N–H and O–H groups in total. The lowest BCUT2D eigenvalue weighted by atomic mass is 9.96. The number of nitrogens with two attached hydrogens (primary N) is 1. The normalized spacial score (nSPS) is 12.1. The fourth-order valence-corrected chi connectivity index (χ4v) is 1.78. The monoisotopic (exact) mass is 235 g/mol. The molecular weight excluding hydrogens is 214 g/mol. The third kappa shape index (κ3) is 5.45. The summed E-state index contributed by atoms with van der Waals surface area (Å²) >= 11 is 0. The van der Waals surface area contributed by atoms with E-state index < -0.39 is 0 Å². The van der Waals surface area contributed by atoms with Gasteiger partial charge in [0.1, 0.15) is 0 Å². The van der Waals surface area contributed by atoms with E-state index in [1.165, 1.54) is 0 Å². The van der Waals surface area contributed by atoms with E-state index in [1.807, 2.05) is 6.07 Å². The van der Waals surface area contributed by atoms with Crippen molar-refractivity contribution in [2.75, 3.05) is 11.9 Å². The first kappa shape index (κ1) is 13.6. The molecule has 1 rings (SSSR count). The summed E-state index contributed by atoms with van der Waals surface area (Å²) < 4.78 is 0. The summed E-state index contributed by atoms with van der Waals surface area (Å²) in [6, 6.07) is 3.64. The van der Waals surface area contributed by atoms with Gasteiger partial charge in [0.05, 0.1) is 11.9 Å². The number of aromatic nitrogens is 1. The zero-order valence-corrected chi connectivity index (χ0v) is 10.4. The number of carbonyl (C=O) groups excluding carboxylic acids is 1. The SMILES string of the molecule is CCC(CCN)CCC(=O)Nc1cccnc1. The van der Waals surface area contributed by atoms with E-state index in [1.54, 1.807) is 18.5 Å². The second-order valence-corrected chi connectivity index (χ2v) is 4.18. The molecule has 94 valence electrons. The molecule has 0 aliphatic rings. The fraction of sp³-hybridized carbons (Fsp3) is 0.538. The Morgan fingerprint density at radius 2 is 2.35 bits per heavy atom. The van der Waals surface area contributed by atoms with Gasteiger partial charge in [-0.1, -0.05) is 13.3 Å². The number of hydrogen-bond acceptors (Lipinski definition) is 3. The van der Waals surface area contributed by atoms with Gasteiger partial charge in [0.15, 0.2) is 0 Å². The molecule has 1 unspecified atom stereocenters. The molecular formula is C13H21N3O. The van der Waals surface area contributed by atoms with Crippen molar-refractivity contribution in [1.82, 2.24) is 4.98 Å². The van der Waals surface area contributed by atoms with Gasteiger partial charge in [0, 0.05) is 12.6 Å². The van der Waals surface area contributed by atoms with E-state index >= 15 is 0 Å². The molecule has 17 heavy (non-hydrogen) atoms. The zero-order chi connectivity index (χ0) is 12.5. The average Bonchev–Trinajstić information content (AvgIpc) is 2.35. The third-order valence-corrected chi connectivity index (χ3v) is 2.88. The van der Waals surface area contributed by atoms with Crippen molar-refractivity contribution >= 4 is 11.6 Å². The van der Waals surface area contributed by atoms with E-state index in [4.69, 9.17) is 5.73 Å². The van der Waals surface area contributed by atoms with Crippen LogP contribution in [-0.4, -0.2) is 17.4 Å². The van der Waals surface area contributed by atoms with Crippen molar-refractivity contribution in [3.8, 4) is 0 Å². The summed E-state index contributed by atoms with van der Waals surface area (Å²) in [4.78, 5) is 15.6. The van der Waals surface area contributed by atoms with Gasteiger partial charge in [0.2, 0.25) is 5.91 Å². The highest BCUT2D eigenvalue weighted by molar-refractivity contribution is 5.90. The predicted octanol–water partition coefficient (Wildman–Crippen LogP) is 2.18. The second kappa shape index (κ2) is 7.79. The largest absolute Gasteiger partial charge is 0.330 e. The first-order chi connectivity index (χ1) is 8.26. The van der Waals surface area contributed by atoms with Crippen LogP contribution in [0.1, 0.15) is 32.6 Å². The lowest BCUT2D eigenvalue weighted by Gasteiger charge is -2.13. The molecule has 0 fully saturated rings. The number of rotatable bonds is 7. The van der Waals surface area contributed by atoms with Gasteiger partial charge in [-0.05, 0) is 37.4 Å². The quantitative estimate of drug-likeness (QED) is 0.761. The standard InChI is InChI=1S/C13H21N3O/c1-2-11(7-8-14)5-6-13(17)16-12-4-3-9-15-10-12/h3-4,9-11H,2,5-8,14H2,1H3,(H,16,17). The molecule has 1 aromatic heterocycles. The topological polar surface area (TPSA) is 68.0 Å². The smallest absolute Gasteiger partial charge is 0.224 e. The number of nitrogens with one attached hydrogen (secondary N) is 1. The number of nitrogens with zero attached hydrogens (tertiary/aromatic N) is 1. The molecule has 0 saturated heterocycles. The number of carbonyl (C=O) groups is 1. The van der Waals surface area contributed by atoms with Gasteiger partial charge in [-0.25, -0.2) is 0 Å². The fourth-order valence-electron chi connectivity index (χ4n) is 1.78. The number of anilines is 1. The van der Waals surface area contributed by atoms with Crippen LogP contribution in [0.15, 0.2) is 24.5 Å². The molecule has 0 bridgehead atoms. The summed E-state index contributed by atoms with van der Waals surface area (Å²) in [5.41, 5.74) is 6.28. The van der Waals surface area contributed by atoms with Gasteiger partial charge >= 0.3 is 0 Å². The Bertz CT molecular complexity index is 327. The van der Waals surface area contributed by atoms with Crippen molar-refractivity contribution in [2.24, 2.45) is 11.7 Å². The number of hydrogen-bond donors (Lipinski definition) is 2. The van der Waals surface area contributed by atoms with Crippen LogP contribution in [0.25, 0.3) is 0 Å². The van der Waals surface area contributed by atoms with E-state index in [2.05, 4.69) is 17.2 Å². The minimum absolute atomic E-state index is 0.0495. The van der Waals surface area contributed by atoms with Gasteiger partial charge < -0.3 is 11.1 Å². The summed E-state index contributed by atoms with van der Waals surface area (Å²) in [6.45, 7) is 2.84. The maximum Gasteiger partial charge on any atom is 0.224 e. The molecule has 1 atom stereocenters. The second-order valence-electron chi connectivity index (χ2n) is 4.18. The number of pyridine rings is 1. The molecule has 0 aliphatic carbocycles. The van der Waals surface area contributed by atoms with Crippen molar-refractivity contribution in [3.05, 3.63) is 24.5 Å². The van der Waals surface area contributed by atoms with Gasteiger partial charge in [0.25, 0.3) is 0 Å². The van der Waals surface area contributed by atoms with Crippen molar-refractivity contribution in [3.63, 3.8) is 0 Å². The van der Waals surface area contributed by atoms with Crippen LogP contribution in [0.2, 0.25) is 0 Å². The lowest BCUT2D eigenvalue weighted by molar-refractivity contribution is -0.116. The predicted molar refractivity (Wildman–Crippen MR) is 69.6 cm³/mol. The van der Waals surface area contributed by atoms with Crippen LogP contribution < -0.4 is 11.1 Å². The summed E-state index contributed by atoms with van der Waals surface area (Å²) in [7, 11) is 0. The Labute approximate surface area is 103 Å². The maximum atomic E-state index is 11.7.